The molecular formula is C52H35N3. The van der Waals surface area contributed by atoms with Crippen molar-refractivity contribution in [1.82, 2.24) is 14.0 Å². The molecule has 0 radical (unpaired) electrons. The number of hydrogen-bond acceptors (Lipinski definition) is 1. The number of pyridine rings is 1. The second kappa shape index (κ2) is 10.3. The molecule has 3 nitrogen and oxygen atoms in total. The predicted molar refractivity (Wildman–Crippen MR) is 232 cm³/mol. The molecule has 2 aliphatic carbocycles. The van der Waals surface area contributed by atoms with Crippen molar-refractivity contribution in [3.05, 3.63) is 168 Å². The van der Waals surface area contributed by atoms with Gasteiger partial charge in [0.25, 0.3) is 0 Å². The molecule has 0 spiro atoms. The van der Waals surface area contributed by atoms with E-state index in [1.165, 1.54) is 92.9 Å². The highest BCUT2D eigenvalue weighted by atomic mass is 15.0. The first-order valence-corrected chi connectivity index (χ1v) is 19.5. The summed E-state index contributed by atoms with van der Waals surface area (Å²) in [6.07, 6.45) is 6.89. The molecule has 0 saturated carbocycles. The highest BCUT2D eigenvalue weighted by Crippen LogP contribution is 2.52. The second-order valence-corrected chi connectivity index (χ2v) is 16.2. The molecule has 0 N–H and O–H groups in total. The topological polar surface area (TPSA) is 22.2 Å². The zero-order valence-electron chi connectivity index (χ0n) is 30.7. The quantitative estimate of drug-likeness (QED) is 0.156. The maximum Gasteiger partial charge on any atom is 0.146 e. The maximum absolute atomic E-state index is 5.21. The van der Waals surface area contributed by atoms with E-state index < -0.39 is 0 Å². The molecule has 2 aliphatic rings. The number of aryl methyl sites for hydroxylation is 1. The van der Waals surface area contributed by atoms with Crippen LogP contribution in [-0.4, -0.2) is 14.0 Å². The van der Waals surface area contributed by atoms with Crippen molar-refractivity contribution in [3.8, 4) is 16.8 Å². The minimum absolute atomic E-state index is 0.115. The number of nitrogens with zero attached hydrogens (tertiary/aromatic N) is 3. The highest BCUT2D eigenvalue weighted by molar-refractivity contribution is 6.22. The van der Waals surface area contributed by atoms with Crippen molar-refractivity contribution in [2.45, 2.75) is 32.1 Å². The minimum atomic E-state index is -0.115. The van der Waals surface area contributed by atoms with E-state index in [9.17, 15) is 0 Å². The third-order valence-electron chi connectivity index (χ3n) is 13.1. The fraction of sp³-hybridized carbons (Fsp3) is 0.0962. The number of aromatic nitrogens is 3. The average molecular weight is 702 g/mol. The molecule has 0 aliphatic heterocycles. The first-order chi connectivity index (χ1) is 27.0. The van der Waals surface area contributed by atoms with Gasteiger partial charge in [-0.2, -0.15) is 0 Å². The lowest BCUT2D eigenvalue weighted by molar-refractivity contribution is 0.661. The predicted octanol–water partition coefficient (Wildman–Crippen LogP) is 13.5. The van der Waals surface area contributed by atoms with Crippen molar-refractivity contribution >= 4 is 87.8 Å². The molecule has 3 heterocycles. The number of para-hydroxylation sites is 2. The summed E-state index contributed by atoms with van der Waals surface area (Å²) in [5, 5.41) is 11.6. The summed E-state index contributed by atoms with van der Waals surface area (Å²) in [6, 6.07) is 52.4. The van der Waals surface area contributed by atoms with Crippen LogP contribution in [0.4, 0.5) is 0 Å². The van der Waals surface area contributed by atoms with Gasteiger partial charge in [0, 0.05) is 32.6 Å². The summed E-state index contributed by atoms with van der Waals surface area (Å²) in [6.45, 7) is 4.77. The van der Waals surface area contributed by atoms with E-state index in [1.54, 1.807) is 0 Å². The molecule has 0 amide bonds. The molecule has 3 aromatic heterocycles. The molecule has 11 aromatic rings. The third-order valence-corrected chi connectivity index (χ3v) is 13.1. The number of imidazole rings is 1. The Bertz CT molecular complexity index is 3570. The summed E-state index contributed by atoms with van der Waals surface area (Å²) in [7, 11) is 0. The molecule has 0 atom stereocenters. The molecule has 0 fully saturated rings. The summed E-state index contributed by atoms with van der Waals surface area (Å²) >= 11 is 0. The van der Waals surface area contributed by atoms with Gasteiger partial charge in [0.15, 0.2) is 0 Å². The molecule has 0 saturated heterocycles. The van der Waals surface area contributed by atoms with Crippen LogP contribution in [0.15, 0.2) is 146 Å². The average Bonchev–Trinajstić information content (AvgIpc) is 3.85. The molecule has 0 unspecified atom stereocenters. The first kappa shape index (κ1) is 29.7. The number of benzene rings is 8. The Hall–Kier alpha value is -6.71. The van der Waals surface area contributed by atoms with Crippen LogP contribution in [0.1, 0.15) is 42.5 Å². The molecule has 0 bridgehead atoms. The molecule has 258 valence electrons. The van der Waals surface area contributed by atoms with Gasteiger partial charge in [0.2, 0.25) is 0 Å². The summed E-state index contributed by atoms with van der Waals surface area (Å²) in [5.74, 6) is 0. The molecule has 8 aromatic carbocycles. The standard InChI is InChI=1S/C52H35N3/c1-52(2)44-20-10-9-18-36(44)41-27-43-42-26-39-33-15-5-3-13-31(33)32-14-4-6-16-34(32)40(39)28-49(42)54(50(43)29-45(41)52)30-23-24-37-35-17-7-8-19-38(35)51-53-46-21-11-12-22-47(46)55(51)48(37)25-30/h4-12,14-29H,3,13H2,1-2H3. The summed E-state index contributed by atoms with van der Waals surface area (Å²) in [4.78, 5) is 5.21. The Morgan fingerprint density at radius 3 is 2.13 bits per heavy atom. The fourth-order valence-electron chi connectivity index (χ4n) is 10.6. The van der Waals surface area contributed by atoms with Crippen LogP contribution in [0.2, 0.25) is 0 Å². The van der Waals surface area contributed by atoms with Gasteiger partial charge in [-0.3, -0.25) is 4.40 Å². The molecule has 55 heavy (non-hydrogen) atoms. The van der Waals surface area contributed by atoms with Gasteiger partial charge in [0.05, 0.1) is 27.6 Å². The van der Waals surface area contributed by atoms with Gasteiger partial charge in [-0.15, -0.1) is 0 Å². The van der Waals surface area contributed by atoms with E-state index in [1.807, 2.05) is 0 Å². The van der Waals surface area contributed by atoms with Crippen LogP contribution < -0.4 is 0 Å². The Kier molecular flexibility index (Phi) is 5.55. The second-order valence-electron chi connectivity index (χ2n) is 16.2. The molecule has 3 heteroatoms. The van der Waals surface area contributed by atoms with Crippen molar-refractivity contribution in [2.75, 3.05) is 0 Å². The summed E-state index contributed by atoms with van der Waals surface area (Å²) < 4.78 is 4.93. The molecular weight excluding hydrogens is 667 g/mol. The van der Waals surface area contributed by atoms with E-state index in [0.717, 1.165) is 40.7 Å². The van der Waals surface area contributed by atoms with Gasteiger partial charge in [-0.25, -0.2) is 4.98 Å². The van der Waals surface area contributed by atoms with Gasteiger partial charge in [-0.05, 0) is 122 Å². The number of hydrogen-bond donors (Lipinski definition) is 0. The van der Waals surface area contributed by atoms with Gasteiger partial charge < -0.3 is 4.57 Å². The van der Waals surface area contributed by atoms with E-state index >= 15 is 0 Å². The minimum Gasteiger partial charge on any atom is -0.309 e. The van der Waals surface area contributed by atoms with Crippen molar-refractivity contribution < 1.29 is 0 Å². The van der Waals surface area contributed by atoms with Crippen LogP contribution in [0.25, 0.3) is 105 Å². The van der Waals surface area contributed by atoms with Crippen molar-refractivity contribution in [2.24, 2.45) is 0 Å². The molecule has 13 rings (SSSR count). The number of rotatable bonds is 1. The zero-order chi connectivity index (χ0) is 36.2. The van der Waals surface area contributed by atoms with E-state index in [-0.39, 0.29) is 5.41 Å². The van der Waals surface area contributed by atoms with Crippen LogP contribution in [0, 0.1) is 0 Å². The van der Waals surface area contributed by atoms with E-state index in [4.69, 9.17) is 4.98 Å². The van der Waals surface area contributed by atoms with Crippen molar-refractivity contribution in [1.29, 1.82) is 0 Å². The Labute approximate surface area is 317 Å². The van der Waals surface area contributed by atoms with Crippen LogP contribution in [-0.2, 0) is 11.8 Å². The SMILES string of the molecule is CC1(C)c2ccccc2-c2cc3c4cc5c6c(c7ccccc7c5cc4n(-c4ccc5c7ccccc7c7nc8ccccc8n7c5c4)c3cc21)CCC=C6. The highest BCUT2D eigenvalue weighted by Gasteiger charge is 2.36. The lowest BCUT2D eigenvalue weighted by Crippen LogP contribution is -2.14. The van der Waals surface area contributed by atoms with Crippen molar-refractivity contribution in [3.63, 3.8) is 0 Å². The largest absolute Gasteiger partial charge is 0.309 e. The maximum atomic E-state index is 5.21. The fourth-order valence-corrected chi connectivity index (χ4v) is 10.6. The monoisotopic (exact) mass is 701 g/mol. The van der Waals surface area contributed by atoms with Gasteiger partial charge >= 0.3 is 0 Å². The third kappa shape index (κ3) is 3.73. The normalized spacial score (nSPS) is 14.7. The lowest BCUT2D eigenvalue weighted by Gasteiger charge is -2.21. The summed E-state index contributed by atoms with van der Waals surface area (Å²) in [5.41, 5.74) is 16.1. The Morgan fingerprint density at radius 2 is 1.24 bits per heavy atom. The zero-order valence-corrected chi connectivity index (χ0v) is 30.7. The van der Waals surface area contributed by atoms with Gasteiger partial charge in [0.1, 0.15) is 5.65 Å². The Balaban J connectivity index is 1.22. The van der Waals surface area contributed by atoms with Crippen LogP contribution in [0.5, 0.6) is 0 Å². The number of allylic oxidation sites excluding steroid dienone is 1. The smallest absolute Gasteiger partial charge is 0.146 e. The number of fused-ring (bicyclic) bond motifs is 20. The van der Waals surface area contributed by atoms with Crippen LogP contribution in [0.3, 0.4) is 0 Å². The lowest BCUT2D eigenvalue weighted by atomic mass is 9.82. The van der Waals surface area contributed by atoms with Gasteiger partial charge in [-0.1, -0.05) is 117 Å². The van der Waals surface area contributed by atoms with Crippen LogP contribution >= 0.6 is 0 Å². The first-order valence-electron chi connectivity index (χ1n) is 19.5. The van der Waals surface area contributed by atoms with E-state index in [2.05, 4.69) is 174 Å². The van der Waals surface area contributed by atoms with E-state index in [0.29, 0.717) is 0 Å². The Morgan fingerprint density at radius 1 is 0.509 bits per heavy atom.